The van der Waals surface area contributed by atoms with Crippen LogP contribution in [0.3, 0.4) is 0 Å². The SMILES string of the molecule is CN(C(=O)OC(C)(C)C)[C@@H](Cc1ccc(C2CC2)cc1)C(=O)O. The molecule has 23 heavy (non-hydrogen) atoms. The molecule has 0 heterocycles. The molecule has 1 amide bonds. The van der Waals surface area contributed by atoms with Crippen LogP contribution >= 0.6 is 0 Å². The monoisotopic (exact) mass is 319 g/mol. The Morgan fingerprint density at radius 2 is 1.83 bits per heavy atom. The number of hydrogen-bond acceptors (Lipinski definition) is 3. The van der Waals surface area contributed by atoms with E-state index in [0.29, 0.717) is 5.92 Å². The topological polar surface area (TPSA) is 66.8 Å². The number of carbonyl (C=O) groups excluding carboxylic acids is 1. The van der Waals surface area contributed by atoms with E-state index in [2.05, 4.69) is 12.1 Å². The number of ether oxygens (including phenoxy) is 1. The highest BCUT2D eigenvalue weighted by atomic mass is 16.6. The van der Waals surface area contributed by atoms with E-state index in [1.54, 1.807) is 20.8 Å². The van der Waals surface area contributed by atoms with Crippen molar-refractivity contribution in [3.63, 3.8) is 0 Å². The first-order valence-corrected chi connectivity index (χ1v) is 7.95. The molecule has 126 valence electrons. The third kappa shape index (κ3) is 4.98. The van der Waals surface area contributed by atoms with Gasteiger partial charge in [0.05, 0.1) is 0 Å². The van der Waals surface area contributed by atoms with Gasteiger partial charge < -0.3 is 9.84 Å². The zero-order valence-electron chi connectivity index (χ0n) is 14.2. The molecule has 0 aromatic heterocycles. The van der Waals surface area contributed by atoms with E-state index in [9.17, 15) is 14.7 Å². The van der Waals surface area contributed by atoms with Gasteiger partial charge in [-0.15, -0.1) is 0 Å². The summed E-state index contributed by atoms with van der Waals surface area (Å²) in [6.07, 6.45) is 2.10. The molecule has 2 rings (SSSR count). The highest BCUT2D eigenvalue weighted by Gasteiger charge is 2.30. The minimum atomic E-state index is -1.04. The molecule has 1 aliphatic rings. The standard InChI is InChI=1S/C18H25NO4/c1-18(2,3)23-17(22)19(4)15(16(20)21)11-12-5-7-13(8-6-12)14-9-10-14/h5-8,14-15H,9-11H2,1-4H3,(H,20,21)/t15-/m0/s1. The minimum absolute atomic E-state index is 0.260. The van der Waals surface area contributed by atoms with Crippen molar-refractivity contribution in [3.05, 3.63) is 35.4 Å². The normalized spacial score (nSPS) is 15.8. The molecule has 1 aromatic rings. The highest BCUT2D eigenvalue weighted by molar-refractivity contribution is 5.80. The third-order valence-corrected chi connectivity index (χ3v) is 3.89. The Morgan fingerprint density at radius 1 is 1.26 bits per heavy atom. The Labute approximate surface area is 137 Å². The van der Waals surface area contributed by atoms with Gasteiger partial charge >= 0.3 is 12.1 Å². The van der Waals surface area contributed by atoms with E-state index in [1.165, 1.54) is 25.5 Å². The van der Waals surface area contributed by atoms with Gasteiger partial charge in [-0.25, -0.2) is 9.59 Å². The molecule has 1 saturated carbocycles. The first-order chi connectivity index (χ1) is 10.7. The number of aliphatic carboxylic acids is 1. The summed E-state index contributed by atoms with van der Waals surface area (Å²) < 4.78 is 5.25. The summed E-state index contributed by atoms with van der Waals surface area (Å²) in [7, 11) is 1.46. The zero-order chi connectivity index (χ0) is 17.2. The van der Waals surface area contributed by atoms with Crippen LogP contribution in [0.5, 0.6) is 0 Å². The molecule has 1 N–H and O–H groups in total. The predicted molar refractivity (Wildman–Crippen MR) is 87.5 cm³/mol. The van der Waals surface area contributed by atoms with Crippen molar-refractivity contribution in [3.8, 4) is 0 Å². The number of hydrogen-bond donors (Lipinski definition) is 1. The lowest BCUT2D eigenvalue weighted by Crippen LogP contribution is -2.46. The number of amides is 1. The second kappa shape index (κ2) is 6.60. The van der Waals surface area contributed by atoms with Crippen LogP contribution in [0, 0.1) is 0 Å². The van der Waals surface area contributed by atoms with Gasteiger partial charge in [0.1, 0.15) is 11.6 Å². The van der Waals surface area contributed by atoms with Crippen LogP contribution in [0.1, 0.15) is 50.7 Å². The summed E-state index contributed by atoms with van der Waals surface area (Å²) in [4.78, 5) is 24.8. The Kier molecular flexibility index (Phi) is 4.97. The molecule has 0 saturated heterocycles. The number of carboxylic acid groups (broad SMARTS) is 1. The zero-order valence-corrected chi connectivity index (χ0v) is 14.2. The maximum absolute atomic E-state index is 12.1. The first kappa shape index (κ1) is 17.3. The number of rotatable bonds is 5. The Balaban J connectivity index is 2.05. The van der Waals surface area contributed by atoms with Crippen LogP contribution < -0.4 is 0 Å². The smallest absolute Gasteiger partial charge is 0.410 e. The van der Waals surface area contributed by atoms with Crippen molar-refractivity contribution in [1.82, 2.24) is 4.90 Å². The molecule has 5 heteroatoms. The number of benzene rings is 1. The molecule has 0 unspecified atom stereocenters. The van der Waals surface area contributed by atoms with Gasteiger partial charge in [0.15, 0.2) is 0 Å². The van der Waals surface area contributed by atoms with Gasteiger partial charge in [-0.2, -0.15) is 0 Å². The number of carbonyl (C=O) groups is 2. The van der Waals surface area contributed by atoms with E-state index in [0.717, 1.165) is 10.5 Å². The minimum Gasteiger partial charge on any atom is -0.480 e. The molecular formula is C18H25NO4. The predicted octanol–water partition coefficient (Wildman–Crippen LogP) is 3.43. The molecule has 1 aromatic carbocycles. The van der Waals surface area contributed by atoms with Crippen molar-refractivity contribution in [1.29, 1.82) is 0 Å². The fourth-order valence-corrected chi connectivity index (χ4v) is 2.42. The lowest BCUT2D eigenvalue weighted by molar-refractivity contribution is -0.142. The first-order valence-electron chi connectivity index (χ1n) is 7.95. The Hall–Kier alpha value is -2.04. The summed E-state index contributed by atoms with van der Waals surface area (Å²) in [6.45, 7) is 5.27. The van der Waals surface area contributed by atoms with Crippen LogP contribution in [-0.4, -0.2) is 40.8 Å². The van der Waals surface area contributed by atoms with Gasteiger partial charge in [0, 0.05) is 13.5 Å². The summed E-state index contributed by atoms with van der Waals surface area (Å²) in [5.74, 6) is -0.367. The number of likely N-dealkylation sites (N-methyl/N-ethyl adjacent to an activating group) is 1. The van der Waals surface area contributed by atoms with Crippen molar-refractivity contribution in [2.75, 3.05) is 7.05 Å². The lowest BCUT2D eigenvalue weighted by Gasteiger charge is -2.28. The second-order valence-electron chi connectivity index (χ2n) is 7.17. The van der Waals surface area contributed by atoms with Crippen LogP contribution in [-0.2, 0) is 16.0 Å². The van der Waals surface area contributed by atoms with Crippen molar-refractivity contribution < 1.29 is 19.4 Å². The summed E-state index contributed by atoms with van der Waals surface area (Å²) >= 11 is 0. The second-order valence-corrected chi connectivity index (χ2v) is 7.17. The van der Waals surface area contributed by atoms with Crippen molar-refractivity contribution in [2.24, 2.45) is 0 Å². The molecule has 1 fully saturated rings. The fourth-order valence-electron chi connectivity index (χ4n) is 2.42. The van der Waals surface area contributed by atoms with E-state index in [4.69, 9.17) is 4.74 Å². The Bertz CT molecular complexity index is 570. The lowest BCUT2D eigenvalue weighted by atomic mass is 10.0. The number of carboxylic acids is 1. The molecule has 0 radical (unpaired) electrons. The van der Waals surface area contributed by atoms with Gasteiger partial charge in [0.2, 0.25) is 0 Å². The number of nitrogens with zero attached hydrogens (tertiary/aromatic N) is 1. The van der Waals surface area contributed by atoms with Gasteiger partial charge in [0.25, 0.3) is 0 Å². The molecule has 1 aliphatic carbocycles. The summed E-state index contributed by atoms with van der Waals surface area (Å²) in [5, 5.41) is 9.46. The molecule has 1 atom stereocenters. The maximum atomic E-state index is 12.1. The van der Waals surface area contributed by atoms with Crippen molar-refractivity contribution in [2.45, 2.75) is 57.6 Å². The van der Waals surface area contributed by atoms with Gasteiger partial charge in [-0.1, -0.05) is 24.3 Å². The average Bonchev–Trinajstić information content (AvgIpc) is 3.27. The van der Waals surface area contributed by atoms with Crippen molar-refractivity contribution >= 4 is 12.1 Å². The summed E-state index contributed by atoms with van der Waals surface area (Å²) in [5.41, 5.74) is 1.55. The van der Waals surface area contributed by atoms with E-state index < -0.39 is 23.7 Å². The molecule has 0 aliphatic heterocycles. The highest BCUT2D eigenvalue weighted by Crippen LogP contribution is 2.39. The van der Waals surface area contributed by atoms with Crippen LogP contribution in [0.15, 0.2) is 24.3 Å². The largest absolute Gasteiger partial charge is 0.480 e. The summed E-state index contributed by atoms with van der Waals surface area (Å²) in [6, 6.07) is 7.06. The molecular weight excluding hydrogens is 294 g/mol. The van der Waals surface area contributed by atoms with Gasteiger partial charge in [-0.3, -0.25) is 4.90 Å². The quantitative estimate of drug-likeness (QED) is 0.903. The van der Waals surface area contributed by atoms with Gasteiger partial charge in [-0.05, 0) is 50.7 Å². The van der Waals surface area contributed by atoms with E-state index in [-0.39, 0.29) is 6.42 Å². The van der Waals surface area contributed by atoms with Crippen LogP contribution in [0.2, 0.25) is 0 Å². The van der Waals surface area contributed by atoms with Crippen LogP contribution in [0.25, 0.3) is 0 Å². The Morgan fingerprint density at radius 3 is 2.26 bits per heavy atom. The van der Waals surface area contributed by atoms with Crippen LogP contribution in [0.4, 0.5) is 4.79 Å². The van der Waals surface area contributed by atoms with E-state index in [1.807, 2.05) is 12.1 Å². The molecule has 0 spiro atoms. The van der Waals surface area contributed by atoms with E-state index >= 15 is 0 Å². The average molecular weight is 319 g/mol. The maximum Gasteiger partial charge on any atom is 0.410 e. The third-order valence-electron chi connectivity index (χ3n) is 3.89. The fraction of sp³-hybridized carbons (Fsp3) is 0.556. The molecule has 0 bridgehead atoms. The molecule has 5 nitrogen and oxygen atoms in total.